The molecular weight excluding hydrogens is 258 g/mol. The lowest BCUT2D eigenvalue weighted by atomic mass is 10.0. The van der Waals surface area contributed by atoms with E-state index in [0.29, 0.717) is 0 Å². The standard InChI is InChI=1S/C18H29N3/c1-14-11-17(12-15(2)19)5-6-18(14)21-9-7-20(8-10-21)13-16-3-4-16/h5-6,11,15-16H,3-4,7-10,12-13,19H2,1-2H3. The Kier molecular flexibility index (Phi) is 4.51. The van der Waals surface area contributed by atoms with Crippen LogP contribution in [-0.2, 0) is 6.42 Å². The number of hydrogen-bond acceptors (Lipinski definition) is 3. The Morgan fingerprint density at radius 2 is 1.90 bits per heavy atom. The molecule has 1 aliphatic heterocycles. The molecule has 0 radical (unpaired) electrons. The van der Waals surface area contributed by atoms with Crippen LogP contribution < -0.4 is 10.6 Å². The smallest absolute Gasteiger partial charge is 0.0397 e. The van der Waals surface area contributed by atoms with E-state index in [1.807, 2.05) is 0 Å². The second-order valence-electron chi connectivity index (χ2n) is 7.03. The first kappa shape index (κ1) is 14.9. The van der Waals surface area contributed by atoms with Crippen LogP contribution in [0.3, 0.4) is 0 Å². The van der Waals surface area contributed by atoms with E-state index >= 15 is 0 Å². The summed E-state index contributed by atoms with van der Waals surface area (Å²) in [6.07, 6.45) is 3.89. The predicted octanol–water partition coefficient (Wildman–Crippen LogP) is 2.42. The monoisotopic (exact) mass is 287 g/mol. The van der Waals surface area contributed by atoms with Crippen LogP contribution in [0.1, 0.15) is 30.9 Å². The van der Waals surface area contributed by atoms with Gasteiger partial charge in [-0.1, -0.05) is 12.1 Å². The fourth-order valence-corrected chi connectivity index (χ4v) is 3.41. The summed E-state index contributed by atoms with van der Waals surface area (Å²) in [7, 11) is 0. The summed E-state index contributed by atoms with van der Waals surface area (Å²) in [4.78, 5) is 5.20. The summed E-state index contributed by atoms with van der Waals surface area (Å²) in [5.41, 5.74) is 10.1. The van der Waals surface area contributed by atoms with Gasteiger partial charge in [-0.25, -0.2) is 0 Å². The Balaban J connectivity index is 1.59. The molecule has 21 heavy (non-hydrogen) atoms. The van der Waals surface area contributed by atoms with Crippen molar-refractivity contribution >= 4 is 5.69 Å². The quantitative estimate of drug-likeness (QED) is 0.903. The molecule has 1 aromatic rings. The highest BCUT2D eigenvalue weighted by Crippen LogP contribution is 2.30. The molecule has 1 aromatic carbocycles. The molecule has 1 saturated carbocycles. The molecule has 3 nitrogen and oxygen atoms in total. The maximum absolute atomic E-state index is 5.90. The molecule has 2 aliphatic rings. The second kappa shape index (κ2) is 6.37. The van der Waals surface area contributed by atoms with Gasteiger partial charge in [0.05, 0.1) is 0 Å². The number of nitrogens with two attached hydrogens (primary N) is 1. The molecule has 116 valence electrons. The summed E-state index contributed by atoms with van der Waals surface area (Å²) in [6, 6.07) is 7.10. The lowest BCUT2D eigenvalue weighted by Gasteiger charge is -2.37. The minimum atomic E-state index is 0.237. The van der Waals surface area contributed by atoms with E-state index in [0.717, 1.165) is 12.3 Å². The van der Waals surface area contributed by atoms with Crippen LogP contribution in [0.4, 0.5) is 5.69 Å². The third-order valence-electron chi connectivity index (χ3n) is 4.75. The Labute approximate surface area is 129 Å². The van der Waals surface area contributed by atoms with Crippen LogP contribution in [0.2, 0.25) is 0 Å². The van der Waals surface area contributed by atoms with Gasteiger partial charge >= 0.3 is 0 Å². The molecule has 1 aliphatic carbocycles. The molecular formula is C18H29N3. The fraction of sp³-hybridized carbons (Fsp3) is 0.667. The number of hydrogen-bond donors (Lipinski definition) is 1. The summed E-state index contributed by atoms with van der Waals surface area (Å²) in [6.45, 7) is 10.4. The average Bonchev–Trinajstić information content (AvgIpc) is 3.23. The van der Waals surface area contributed by atoms with Gasteiger partial charge in [-0.15, -0.1) is 0 Å². The lowest BCUT2D eigenvalue weighted by Crippen LogP contribution is -2.47. The Hall–Kier alpha value is -1.06. The first-order valence-corrected chi connectivity index (χ1v) is 8.44. The van der Waals surface area contributed by atoms with E-state index < -0.39 is 0 Å². The van der Waals surface area contributed by atoms with Gasteiger partial charge in [0.15, 0.2) is 0 Å². The van der Waals surface area contributed by atoms with Crippen molar-refractivity contribution in [3.8, 4) is 0 Å². The molecule has 0 bridgehead atoms. The number of rotatable bonds is 5. The van der Waals surface area contributed by atoms with Crippen LogP contribution >= 0.6 is 0 Å². The highest BCUT2D eigenvalue weighted by atomic mass is 15.3. The summed E-state index contributed by atoms with van der Waals surface area (Å²) in [5.74, 6) is 1.01. The molecule has 0 spiro atoms. The zero-order valence-electron chi connectivity index (χ0n) is 13.5. The lowest BCUT2D eigenvalue weighted by molar-refractivity contribution is 0.248. The van der Waals surface area contributed by atoms with Crippen molar-refractivity contribution in [2.24, 2.45) is 11.7 Å². The minimum absolute atomic E-state index is 0.237. The van der Waals surface area contributed by atoms with Crippen LogP contribution in [0, 0.1) is 12.8 Å². The van der Waals surface area contributed by atoms with Gasteiger partial charge in [-0.3, -0.25) is 4.90 Å². The molecule has 3 heteroatoms. The van der Waals surface area contributed by atoms with Gasteiger partial charge in [0.25, 0.3) is 0 Å². The molecule has 1 saturated heterocycles. The maximum Gasteiger partial charge on any atom is 0.0397 e. The van der Waals surface area contributed by atoms with E-state index in [1.54, 1.807) is 0 Å². The Bertz CT molecular complexity index is 471. The van der Waals surface area contributed by atoms with E-state index in [1.165, 1.54) is 62.4 Å². The minimum Gasteiger partial charge on any atom is -0.369 e. The summed E-state index contributed by atoms with van der Waals surface area (Å²) >= 11 is 0. The maximum atomic E-state index is 5.90. The average molecular weight is 287 g/mol. The van der Waals surface area contributed by atoms with Crippen molar-refractivity contribution in [3.63, 3.8) is 0 Å². The van der Waals surface area contributed by atoms with Crippen molar-refractivity contribution in [3.05, 3.63) is 29.3 Å². The van der Waals surface area contributed by atoms with Crippen LogP contribution in [0.5, 0.6) is 0 Å². The van der Waals surface area contributed by atoms with Gasteiger partial charge in [0, 0.05) is 44.5 Å². The largest absolute Gasteiger partial charge is 0.369 e. The van der Waals surface area contributed by atoms with Crippen molar-refractivity contribution in [2.75, 3.05) is 37.6 Å². The molecule has 1 unspecified atom stereocenters. The van der Waals surface area contributed by atoms with Gasteiger partial charge < -0.3 is 10.6 Å². The normalized spacial score (nSPS) is 21.6. The van der Waals surface area contributed by atoms with Crippen LogP contribution in [0.25, 0.3) is 0 Å². The Morgan fingerprint density at radius 3 is 2.48 bits per heavy atom. The molecule has 1 atom stereocenters. The molecule has 1 heterocycles. The number of benzene rings is 1. The SMILES string of the molecule is Cc1cc(CC(C)N)ccc1N1CCN(CC2CC2)CC1. The van der Waals surface area contributed by atoms with Crippen LogP contribution in [-0.4, -0.2) is 43.7 Å². The van der Waals surface area contributed by atoms with E-state index in [-0.39, 0.29) is 6.04 Å². The Morgan fingerprint density at radius 1 is 1.19 bits per heavy atom. The third kappa shape index (κ3) is 3.98. The topological polar surface area (TPSA) is 32.5 Å². The van der Waals surface area contributed by atoms with Gasteiger partial charge in [-0.05, 0) is 56.2 Å². The number of piperazine rings is 1. The van der Waals surface area contributed by atoms with E-state index in [9.17, 15) is 0 Å². The predicted molar refractivity (Wildman–Crippen MR) is 89.9 cm³/mol. The van der Waals surface area contributed by atoms with Crippen molar-refractivity contribution in [1.82, 2.24) is 4.90 Å². The molecule has 0 aromatic heterocycles. The van der Waals surface area contributed by atoms with E-state index in [2.05, 4.69) is 41.8 Å². The van der Waals surface area contributed by atoms with Gasteiger partial charge in [0.2, 0.25) is 0 Å². The van der Waals surface area contributed by atoms with Gasteiger partial charge in [0.1, 0.15) is 0 Å². The van der Waals surface area contributed by atoms with Crippen molar-refractivity contribution in [1.29, 1.82) is 0 Å². The van der Waals surface area contributed by atoms with E-state index in [4.69, 9.17) is 5.73 Å². The molecule has 2 fully saturated rings. The number of aryl methyl sites for hydroxylation is 1. The highest BCUT2D eigenvalue weighted by Gasteiger charge is 2.26. The van der Waals surface area contributed by atoms with Crippen molar-refractivity contribution < 1.29 is 0 Å². The third-order valence-corrected chi connectivity index (χ3v) is 4.75. The molecule has 0 amide bonds. The zero-order valence-corrected chi connectivity index (χ0v) is 13.5. The summed E-state index contributed by atoms with van der Waals surface area (Å²) in [5, 5.41) is 0. The number of anilines is 1. The first-order valence-electron chi connectivity index (χ1n) is 8.44. The second-order valence-corrected chi connectivity index (χ2v) is 7.03. The number of nitrogens with zero attached hydrogens (tertiary/aromatic N) is 2. The van der Waals surface area contributed by atoms with Crippen LogP contribution in [0.15, 0.2) is 18.2 Å². The fourth-order valence-electron chi connectivity index (χ4n) is 3.41. The highest BCUT2D eigenvalue weighted by molar-refractivity contribution is 5.55. The molecule has 3 rings (SSSR count). The first-order chi connectivity index (χ1) is 10.1. The molecule has 2 N–H and O–H groups in total. The zero-order chi connectivity index (χ0) is 14.8. The van der Waals surface area contributed by atoms with Crippen molar-refractivity contribution in [2.45, 2.75) is 39.2 Å². The van der Waals surface area contributed by atoms with Gasteiger partial charge in [-0.2, -0.15) is 0 Å². The summed E-state index contributed by atoms with van der Waals surface area (Å²) < 4.78 is 0.